The Kier molecular flexibility index (Phi) is 4.40. The molecule has 4 aliphatic heterocycles. The number of hydrogen-bond donors (Lipinski definition) is 0. The van der Waals surface area contributed by atoms with Crippen LogP contribution < -0.4 is 9.47 Å². The van der Waals surface area contributed by atoms with E-state index in [-0.39, 0.29) is 11.4 Å². The van der Waals surface area contributed by atoms with Gasteiger partial charge < -0.3 is 18.9 Å². The molecule has 2 aromatic rings. The second-order valence-electron chi connectivity index (χ2n) is 10.0. The molecule has 2 saturated heterocycles. The molecule has 0 saturated carbocycles. The first-order valence-corrected chi connectivity index (χ1v) is 13.4. The van der Waals surface area contributed by atoms with Crippen molar-refractivity contribution >= 4 is 10.0 Å². The Morgan fingerprint density at radius 2 is 1.81 bits per heavy atom. The van der Waals surface area contributed by atoms with Crippen LogP contribution in [0.15, 0.2) is 53.1 Å². The van der Waals surface area contributed by atoms with Gasteiger partial charge in [0.05, 0.1) is 30.6 Å². The maximum atomic E-state index is 14.1. The summed E-state index contributed by atoms with van der Waals surface area (Å²) in [4.78, 5) is 12.5. The number of hydrogen-bond acceptors (Lipinski definition) is 8. The first-order chi connectivity index (χ1) is 17.3. The van der Waals surface area contributed by atoms with E-state index in [0.29, 0.717) is 30.1 Å². The van der Waals surface area contributed by atoms with Crippen molar-refractivity contribution in [3.63, 3.8) is 0 Å². The van der Waals surface area contributed by atoms with Gasteiger partial charge in [0.15, 0.2) is 23.2 Å². The highest BCUT2D eigenvalue weighted by atomic mass is 32.2. The standard InChI is InChI=1S/C26H27NO8S/c1-15-5-8-17(9-6-15)36(28,29)27-12-11-24-21-16-7-10-18(30-2)22(21)33-23(24)25(32-4)14-20(31-3)26(24,35-34-25)19(27)13-16/h5-10,14,19,23H,11-13H2,1-4H3/t19-,23-,24+,25-,26+/m1/s1. The lowest BCUT2D eigenvalue weighted by Crippen LogP contribution is -2.83. The lowest BCUT2D eigenvalue weighted by molar-refractivity contribution is -0.523. The van der Waals surface area contributed by atoms with Gasteiger partial charge in [-0.05, 0) is 43.5 Å². The third-order valence-corrected chi connectivity index (χ3v) is 10.6. The second-order valence-corrected chi connectivity index (χ2v) is 11.9. The van der Waals surface area contributed by atoms with E-state index in [1.54, 1.807) is 48.9 Å². The van der Waals surface area contributed by atoms with Gasteiger partial charge in [-0.2, -0.15) is 9.19 Å². The van der Waals surface area contributed by atoms with Gasteiger partial charge in [0, 0.05) is 25.3 Å². The highest BCUT2D eigenvalue weighted by Crippen LogP contribution is 2.71. The number of benzene rings is 2. The van der Waals surface area contributed by atoms with Gasteiger partial charge in [0.1, 0.15) is 5.76 Å². The van der Waals surface area contributed by atoms with E-state index in [0.717, 1.165) is 16.7 Å². The maximum absolute atomic E-state index is 14.1. The molecule has 0 amide bonds. The van der Waals surface area contributed by atoms with Gasteiger partial charge in [0.2, 0.25) is 10.0 Å². The molecule has 2 aliphatic carbocycles. The van der Waals surface area contributed by atoms with Crippen LogP contribution in [0.25, 0.3) is 0 Å². The molecule has 4 bridgehead atoms. The van der Waals surface area contributed by atoms with Crippen molar-refractivity contribution in [2.75, 3.05) is 27.9 Å². The van der Waals surface area contributed by atoms with Gasteiger partial charge >= 0.3 is 0 Å². The van der Waals surface area contributed by atoms with Crippen LogP contribution >= 0.6 is 0 Å². The number of rotatable bonds is 5. The maximum Gasteiger partial charge on any atom is 0.262 e. The predicted octanol–water partition coefficient (Wildman–Crippen LogP) is 2.61. The van der Waals surface area contributed by atoms with E-state index >= 15 is 0 Å². The van der Waals surface area contributed by atoms with Crippen LogP contribution in [0, 0.1) is 6.92 Å². The Morgan fingerprint density at radius 1 is 1.03 bits per heavy atom. The van der Waals surface area contributed by atoms with Crippen molar-refractivity contribution in [1.82, 2.24) is 4.31 Å². The number of ether oxygens (including phenoxy) is 4. The molecule has 2 aromatic carbocycles. The molecule has 8 rings (SSSR count). The average Bonchev–Trinajstić information content (AvgIpc) is 3.25. The summed E-state index contributed by atoms with van der Waals surface area (Å²) in [5, 5.41) is 0. The zero-order chi connectivity index (χ0) is 25.1. The first kappa shape index (κ1) is 22.6. The molecule has 2 spiro atoms. The summed E-state index contributed by atoms with van der Waals surface area (Å²) in [6.07, 6.45) is 1.92. The minimum atomic E-state index is -3.86. The van der Waals surface area contributed by atoms with Crippen LogP contribution in [0.1, 0.15) is 23.1 Å². The third kappa shape index (κ3) is 2.29. The monoisotopic (exact) mass is 513 g/mol. The molecule has 0 radical (unpaired) electrons. The molecule has 0 unspecified atom stereocenters. The number of fused-ring (bicyclic) bond motifs is 1. The molecule has 4 heterocycles. The van der Waals surface area contributed by atoms with Crippen LogP contribution in [0.3, 0.4) is 0 Å². The van der Waals surface area contributed by atoms with E-state index in [4.69, 9.17) is 28.7 Å². The SMILES string of the molecule is COC1=C[C@@]2(OC)OO[C@@]13[C@H]1Cc4ccc(OC)c5c4[C@@]3(CCN1S(=O)(=O)c1ccc(C)cc1)[C@H]2O5. The molecule has 2 fully saturated rings. The highest BCUT2D eigenvalue weighted by molar-refractivity contribution is 7.89. The van der Waals surface area contributed by atoms with Crippen molar-refractivity contribution in [2.24, 2.45) is 0 Å². The molecule has 36 heavy (non-hydrogen) atoms. The van der Waals surface area contributed by atoms with E-state index in [9.17, 15) is 8.42 Å². The molecule has 0 N–H and O–H groups in total. The fraction of sp³-hybridized carbons (Fsp3) is 0.462. The van der Waals surface area contributed by atoms with E-state index in [2.05, 4.69) is 0 Å². The summed E-state index contributed by atoms with van der Waals surface area (Å²) in [5.74, 6) is 0.337. The highest BCUT2D eigenvalue weighted by Gasteiger charge is 2.84. The van der Waals surface area contributed by atoms with E-state index < -0.39 is 39.0 Å². The number of methoxy groups -OCH3 is 3. The van der Waals surface area contributed by atoms with Gasteiger partial charge in [-0.25, -0.2) is 13.3 Å². The van der Waals surface area contributed by atoms with Gasteiger partial charge in [-0.3, -0.25) is 0 Å². The number of piperidine rings is 1. The number of sulfonamides is 1. The molecule has 6 aliphatic rings. The van der Waals surface area contributed by atoms with E-state index in [1.807, 2.05) is 19.1 Å². The molecule has 5 atom stereocenters. The predicted molar refractivity (Wildman–Crippen MR) is 126 cm³/mol. The Labute approximate surface area is 209 Å². The summed E-state index contributed by atoms with van der Waals surface area (Å²) in [6.45, 7) is 2.20. The Morgan fingerprint density at radius 3 is 2.50 bits per heavy atom. The molecular formula is C26H27NO8S. The molecule has 10 heteroatoms. The topological polar surface area (TPSA) is 92.8 Å². The summed E-state index contributed by atoms with van der Waals surface area (Å²) in [5.41, 5.74) is 0.866. The second kappa shape index (κ2) is 7.02. The minimum Gasteiger partial charge on any atom is -0.498 e. The quantitative estimate of drug-likeness (QED) is 0.564. The average molecular weight is 514 g/mol. The van der Waals surface area contributed by atoms with Crippen molar-refractivity contribution in [2.45, 2.75) is 53.6 Å². The van der Waals surface area contributed by atoms with Crippen molar-refractivity contribution < 1.29 is 37.1 Å². The lowest BCUT2D eigenvalue weighted by Gasteiger charge is -2.67. The Bertz CT molecular complexity index is 1420. The number of aryl methyl sites for hydroxylation is 1. The molecule has 0 aromatic heterocycles. The van der Waals surface area contributed by atoms with Crippen molar-refractivity contribution in [3.8, 4) is 11.5 Å². The Hall–Kier alpha value is -2.63. The van der Waals surface area contributed by atoms with Crippen LogP contribution in [-0.2, 0) is 41.1 Å². The van der Waals surface area contributed by atoms with Crippen LogP contribution in [0.4, 0.5) is 0 Å². The van der Waals surface area contributed by atoms with Gasteiger partial charge in [0.25, 0.3) is 5.79 Å². The summed E-state index contributed by atoms with van der Waals surface area (Å²) < 4.78 is 53.8. The van der Waals surface area contributed by atoms with Crippen molar-refractivity contribution in [1.29, 1.82) is 0 Å². The lowest BCUT2D eigenvalue weighted by atomic mass is 9.49. The van der Waals surface area contributed by atoms with E-state index in [1.165, 1.54) is 7.11 Å². The smallest absolute Gasteiger partial charge is 0.262 e. The van der Waals surface area contributed by atoms with Crippen molar-refractivity contribution in [3.05, 3.63) is 64.9 Å². The molecular weight excluding hydrogens is 486 g/mol. The zero-order valence-corrected chi connectivity index (χ0v) is 21.3. The summed E-state index contributed by atoms with van der Waals surface area (Å²) in [6, 6.07) is 10.1. The van der Waals surface area contributed by atoms with Crippen LogP contribution in [-0.4, -0.2) is 64.1 Å². The fourth-order valence-electron chi connectivity index (χ4n) is 7.20. The Balaban J connectivity index is 1.50. The largest absolute Gasteiger partial charge is 0.498 e. The normalized spacial score (nSPS) is 35.6. The first-order valence-electron chi connectivity index (χ1n) is 11.9. The van der Waals surface area contributed by atoms with Gasteiger partial charge in [-0.15, -0.1) is 0 Å². The summed E-state index contributed by atoms with van der Waals surface area (Å²) >= 11 is 0. The minimum absolute atomic E-state index is 0.239. The fourth-order valence-corrected chi connectivity index (χ4v) is 8.84. The van der Waals surface area contributed by atoms with Crippen LogP contribution in [0.2, 0.25) is 0 Å². The molecule has 190 valence electrons. The van der Waals surface area contributed by atoms with Gasteiger partial charge in [-0.1, -0.05) is 23.8 Å². The summed E-state index contributed by atoms with van der Waals surface area (Å²) in [7, 11) is 0.832. The number of nitrogens with zero attached hydrogens (tertiary/aromatic N) is 1. The van der Waals surface area contributed by atoms with Crippen LogP contribution in [0.5, 0.6) is 11.5 Å². The third-order valence-electron chi connectivity index (χ3n) is 8.71. The zero-order valence-electron chi connectivity index (χ0n) is 20.4. The molecule has 9 nitrogen and oxygen atoms in total.